The lowest BCUT2D eigenvalue weighted by molar-refractivity contribution is 0.599. The number of aryl methyl sites for hydroxylation is 1. The second-order valence-electron chi connectivity index (χ2n) is 4.30. The van der Waals surface area contributed by atoms with Crippen LogP contribution < -0.4 is 10.6 Å². The highest BCUT2D eigenvalue weighted by Gasteiger charge is 2.05. The third-order valence-corrected chi connectivity index (χ3v) is 2.97. The van der Waals surface area contributed by atoms with Crippen LogP contribution in [-0.2, 0) is 6.42 Å². The topological polar surface area (TPSA) is 24.1 Å². The number of para-hydroxylation sites is 1. The summed E-state index contributed by atoms with van der Waals surface area (Å²) in [5.74, 6) is 0. The van der Waals surface area contributed by atoms with Crippen LogP contribution in [-0.4, -0.2) is 11.2 Å². The summed E-state index contributed by atoms with van der Waals surface area (Å²) in [7, 11) is 0. The lowest BCUT2D eigenvalue weighted by Crippen LogP contribution is -2.35. The molecule has 0 radical (unpaired) electrons. The van der Waals surface area contributed by atoms with Gasteiger partial charge >= 0.3 is 0 Å². The summed E-state index contributed by atoms with van der Waals surface area (Å²) >= 11 is 5.31. The Kier molecular flexibility index (Phi) is 5.98. The van der Waals surface area contributed by atoms with Crippen molar-refractivity contribution in [3.05, 3.63) is 29.8 Å². The largest absolute Gasteiger partial charge is 0.360 e. The van der Waals surface area contributed by atoms with Crippen molar-refractivity contribution in [2.75, 3.05) is 5.32 Å². The molecule has 94 valence electrons. The van der Waals surface area contributed by atoms with Crippen LogP contribution in [0.15, 0.2) is 24.3 Å². The molecule has 0 saturated heterocycles. The fourth-order valence-corrected chi connectivity index (χ4v) is 2.15. The Balaban J connectivity index is 2.55. The second-order valence-corrected chi connectivity index (χ2v) is 4.71. The van der Waals surface area contributed by atoms with Gasteiger partial charge in [0.2, 0.25) is 0 Å². The monoisotopic (exact) mass is 250 g/mol. The first kappa shape index (κ1) is 14.0. The van der Waals surface area contributed by atoms with Gasteiger partial charge in [0.25, 0.3) is 0 Å². The lowest BCUT2D eigenvalue weighted by atomic mass is 10.1. The molecule has 3 heteroatoms. The average molecular weight is 250 g/mol. The van der Waals surface area contributed by atoms with Crippen molar-refractivity contribution in [2.45, 2.75) is 46.1 Å². The van der Waals surface area contributed by atoms with Crippen molar-refractivity contribution >= 4 is 23.0 Å². The SMILES string of the molecule is CCCC(C)NC(=S)Nc1ccccc1CC. The Hall–Kier alpha value is -1.09. The molecule has 2 N–H and O–H groups in total. The van der Waals surface area contributed by atoms with E-state index in [1.54, 1.807) is 0 Å². The Labute approximate surface area is 110 Å². The van der Waals surface area contributed by atoms with Crippen LogP contribution in [0.25, 0.3) is 0 Å². The minimum absolute atomic E-state index is 0.425. The summed E-state index contributed by atoms with van der Waals surface area (Å²) in [5.41, 5.74) is 2.40. The zero-order chi connectivity index (χ0) is 12.7. The maximum Gasteiger partial charge on any atom is 0.170 e. The fraction of sp³-hybridized carbons (Fsp3) is 0.500. The maximum absolute atomic E-state index is 5.31. The van der Waals surface area contributed by atoms with Crippen LogP contribution in [0.3, 0.4) is 0 Å². The minimum atomic E-state index is 0.425. The van der Waals surface area contributed by atoms with Crippen LogP contribution in [0, 0.1) is 0 Å². The van der Waals surface area contributed by atoms with E-state index in [0.29, 0.717) is 11.2 Å². The number of rotatable bonds is 5. The first-order valence-corrected chi connectivity index (χ1v) is 6.73. The first-order valence-electron chi connectivity index (χ1n) is 6.32. The van der Waals surface area contributed by atoms with Gasteiger partial charge in [-0.1, -0.05) is 38.5 Å². The third-order valence-electron chi connectivity index (χ3n) is 2.75. The van der Waals surface area contributed by atoms with E-state index in [1.807, 2.05) is 6.07 Å². The van der Waals surface area contributed by atoms with Crippen LogP contribution >= 0.6 is 12.2 Å². The van der Waals surface area contributed by atoms with E-state index in [1.165, 1.54) is 12.0 Å². The fourth-order valence-electron chi connectivity index (χ4n) is 1.84. The molecule has 0 spiro atoms. The van der Waals surface area contributed by atoms with E-state index in [2.05, 4.69) is 49.6 Å². The summed E-state index contributed by atoms with van der Waals surface area (Å²) in [5, 5.41) is 7.29. The van der Waals surface area contributed by atoms with Gasteiger partial charge in [0.1, 0.15) is 0 Å². The van der Waals surface area contributed by atoms with Crippen LogP contribution in [0.5, 0.6) is 0 Å². The highest BCUT2D eigenvalue weighted by atomic mass is 32.1. The Bertz CT molecular complexity index is 363. The zero-order valence-electron chi connectivity index (χ0n) is 10.9. The molecule has 0 amide bonds. The molecular weight excluding hydrogens is 228 g/mol. The number of hydrogen-bond acceptors (Lipinski definition) is 1. The normalized spacial score (nSPS) is 11.9. The molecule has 0 aromatic heterocycles. The van der Waals surface area contributed by atoms with Gasteiger partial charge in [-0.05, 0) is 43.6 Å². The standard InChI is InChI=1S/C14H22N2S/c1-4-8-11(3)15-14(17)16-13-10-7-6-9-12(13)5-2/h6-7,9-11H,4-5,8H2,1-3H3,(H2,15,16,17). The minimum Gasteiger partial charge on any atom is -0.360 e. The molecule has 0 aliphatic heterocycles. The van der Waals surface area contributed by atoms with E-state index in [-0.39, 0.29) is 0 Å². The van der Waals surface area contributed by atoms with Crippen LogP contribution in [0.1, 0.15) is 39.2 Å². The smallest absolute Gasteiger partial charge is 0.170 e. The molecule has 1 unspecified atom stereocenters. The predicted octanol–water partition coefficient (Wildman–Crippen LogP) is 3.72. The van der Waals surface area contributed by atoms with E-state index < -0.39 is 0 Å². The number of benzene rings is 1. The van der Waals surface area contributed by atoms with Gasteiger partial charge in [0.05, 0.1) is 0 Å². The molecule has 0 aliphatic carbocycles. The summed E-state index contributed by atoms with van der Waals surface area (Å²) in [4.78, 5) is 0. The van der Waals surface area contributed by atoms with Gasteiger partial charge in [-0.2, -0.15) is 0 Å². The molecule has 0 bridgehead atoms. The predicted molar refractivity (Wildman–Crippen MR) is 79.5 cm³/mol. The van der Waals surface area contributed by atoms with Crippen molar-refractivity contribution in [3.63, 3.8) is 0 Å². The maximum atomic E-state index is 5.31. The molecule has 1 aromatic rings. The van der Waals surface area contributed by atoms with Crippen molar-refractivity contribution in [1.29, 1.82) is 0 Å². The number of anilines is 1. The van der Waals surface area contributed by atoms with E-state index in [0.717, 1.165) is 18.5 Å². The number of nitrogens with one attached hydrogen (secondary N) is 2. The van der Waals surface area contributed by atoms with Gasteiger partial charge in [0, 0.05) is 11.7 Å². The molecule has 0 fully saturated rings. The summed E-state index contributed by atoms with van der Waals surface area (Å²) in [6.45, 7) is 6.49. The molecule has 1 aromatic carbocycles. The van der Waals surface area contributed by atoms with Gasteiger partial charge in [-0.25, -0.2) is 0 Å². The molecule has 0 heterocycles. The number of thiocarbonyl (C=S) groups is 1. The molecular formula is C14H22N2S. The van der Waals surface area contributed by atoms with E-state index >= 15 is 0 Å². The molecule has 17 heavy (non-hydrogen) atoms. The van der Waals surface area contributed by atoms with Crippen molar-refractivity contribution in [3.8, 4) is 0 Å². The summed E-state index contributed by atoms with van der Waals surface area (Å²) in [6, 6.07) is 8.70. The van der Waals surface area contributed by atoms with Gasteiger partial charge in [-0.15, -0.1) is 0 Å². The molecule has 1 rings (SSSR count). The molecule has 0 aliphatic rings. The quantitative estimate of drug-likeness (QED) is 0.779. The Morgan fingerprint density at radius 2 is 2.00 bits per heavy atom. The van der Waals surface area contributed by atoms with Gasteiger partial charge < -0.3 is 10.6 Å². The highest BCUT2D eigenvalue weighted by molar-refractivity contribution is 7.80. The Morgan fingerprint density at radius 1 is 1.29 bits per heavy atom. The number of hydrogen-bond donors (Lipinski definition) is 2. The summed E-state index contributed by atoms with van der Waals surface area (Å²) in [6.07, 6.45) is 3.32. The van der Waals surface area contributed by atoms with Crippen molar-refractivity contribution in [1.82, 2.24) is 5.32 Å². The summed E-state index contributed by atoms with van der Waals surface area (Å²) < 4.78 is 0. The third kappa shape index (κ3) is 4.73. The van der Waals surface area contributed by atoms with Crippen molar-refractivity contribution in [2.24, 2.45) is 0 Å². The molecule has 1 atom stereocenters. The van der Waals surface area contributed by atoms with Crippen LogP contribution in [0.4, 0.5) is 5.69 Å². The lowest BCUT2D eigenvalue weighted by Gasteiger charge is -2.17. The van der Waals surface area contributed by atoms with Crippen molar-refractivity contribution < 1.29 is 0 Å². The van der Waals surface area contributed by atoms with E-state index in [9.17, 15) is 0 Å². The molecule has 0 saturated carbocycles. The molecule has 2 nitrogen and oxygen atoms in total. The van der Waals surface area contributed by atoms with Gasteiger partial charge in [0.15, 0.2) is 5.11 Å². The Morgan fingerprint density at radius 3 is 2.65 bits per heavy atom. The highest BCUT2D eigenvalue weighted by Crippen LogP contribution is 2.15. The first-order chi connectivity index (χ1) is 8.17. The zero-order valence-corrected chi connectivity index (χ0v) is 11.7. The van der Waals surface area contributed by atoms with E-state index in [4.69, 9.17) is 12.2 Å². The second kappa shape index (κ2) is 7.28. The van der Waals surface area contributed by atoms with Crippen LogP contribution in [0.2, 0.25) is 0 Å². The average Bonchev–Trinajstić information content (AvgIpc) is 2.29. The van der Waals surface area contributed by atoms with Gasteiger partial charge in [-0.3, -0.25) is 0 Å².